The van der Waals surface area contributed by atoms with E-state index in [1.165, 1.54) is 23.1 Å². The van der Waals surface area contributed by atoms with E-state index in [0.29, 0.717) is 18.0 Å². The zero-order valence-electron chi connectivity index (χ0n) is 37.7. The molecule has 2 N–H and O–H groups in total. The highest BCUT2D eigenvalue weighted by atomic mass is 35.5. The predicted octanol–water partition coefficient (Wildman–Crippen LogP) is 9.10. The number of rotatable bonds is 16. The van der Waals surface area contributed by atoms with Crippen molar-refractivity contribution in [3.63, 3.8) is 0 Å². The third-order valence-electron chi connectivity index (χ3n) is 12.2. The number of oxime groups is 1. The van der Waals surface area contributed by atoms with E-state index in [1.54, 1.807) is 31.1 Å². The molecule has 12 nitrogen and oxygen atoms in total. The summed E-state index contributed by atoms with van der Waals surface area (Å²) in [5.74, 6) is -2.09. The summed E-state index contributed by atoms with van der Waals surface area (Å²) in [6, 6.07) is 48.1. The number of ether oxygens (including phenoxy) is 2. The second-order valence-electron chi connectivity index (χ2n) is 18.2. The summed E-state index contributed by atoms with van der Waals surface area (Å²) in [4.78, 5) is 68.6. The summed E-state index contributed by atoms with van der Waals surface area (Å²) in [6.07, 6.45) is -0.00571. The summed E-state index contributed by atoms with van der Waals surface area (Å²) in [7, 11) is 0. The van der Waals surface area contributed by atoms with E-state index in [1.807, 2.05) is 115 Å². The number of aromatic nitrogens is 1. The van der Waals surface area contributed by atoms with Gasteiger partial charge in [-0.3, -0.25) is 14.4 Å². The molecule has 348 valence electrons. The van der Waals surface area contributed by atoms with Gasteiger partial charge < -0.3 is 29.8 Å². The van der Waals surface area contributed by atoms with Gasteiger partial charge in [0.1, 0.15) is 33.7 Å². The van der Waals surface area contributed by atoms with Crippen LogP contribution in [-0.4, -0.2) is 80.1 Å². The maximum atomic E-state index is 14.6. The predicted molar refractivity (Wildman–Crippen MR) is 264 cm³/mol. The van der Waals surface area contributed by atoms with Crippen LogP contribution in [0.1, 0.15) is 73.2 Å². The van der Waals surface area contributed by atoms with E-state index in [-0.39, 0.29) is 29.6 Å². The SMILES string of the molecule is CC(C)(C)OC(=O)C1(ON=C(C(=O)NC2C(=O)N3CC(CCl)(C(=O)OC(c4ccccc4)c4ccccc4)CS[C@H]23)c2csc(NC(c3ccccc3)(c3ccccc3)c3ccccc3)n2)CC1. The Bertz CT molecular complexity index is 2650. The number of hydrogen-bond donors (Lipinski definition) is 2. The molecule has 2 aliphatic heterocycles. The van der Waals surface area contributed by atoms with E-state index in [9.17, 15) is 19.2 Å². The number of amides is 2. The van der Waals surface area contributed by atoms with Crippen LogP contribution in [0.25, 0.3) is 0 Å². The Morgan fingerprint density at radius 3 is 1.79 bits per heavy atom. The van der Waals surface area contributed by atoms with Crippen molar-refractivity contribution in [2.75, 3.05) is 23.5 Å². The van der Waals surface area contributed by atoms with Crippen LogP contribution in [0, 0.1) is 5.41 Å². The molecule has 2 amide bonds. The Morgan fingerprint density at radius 2 is 1.31 bits per heavy atom. The summed E-state index contributed by atoms with van der Waals surface area (Å²) in [5.41, 5.74) is 0.0970. The molecule has 5 aromatic carbocycles. The first kappa shape index (κ1) is 46.6. The van der Waals surface area contributed by atoms with Crippen molar-refractivity contribution in [2.45, 2.75) is 67.9 Å². The number of anilines is 1. The van der Waals surface area contributed by atoms with Crippen molar-refractivity contribution in [3.05, 3.63) is 191 Å². The number of benzene rings is 5. The molecule has 3 heterocycles. The summed E-state index contributed by atoms with van der Waals surface area (Å²) in [5, 5.41) is 12.6. The fourth-order valence-electron chi connectivity index (χ4n) is 8.45. The minimum absolute atomic E-state index is 0.00405. The minimum atomic E-state index is -1.37. The van der Waals surface area contributed by atoms with Crippen molar-refractivity contribution >= 4 is 69.3 Å². The van der Waals surface area contributed by atoms with E-state index < -0.39 is 63.4 Å². The maximum absolute atomic E-state index is 14.6. The van der Waals surface area contributed by atoms with Crippen molar-refractivity contribution in [1.29, 1.82) is 0 Å². The van der Waals surface area contributed by atoms with Gasteiger partial charge >= 0.3 is 11.9 Å². The Balaban J connectivity index is 0.982. The largest absolute Gasteiger partial charge is 0.457 e. The van der Waals surface area contributed by atoms with Crippen LogP contribution in [0.5, 0.6) is 0 Å². The number of carbonyl (C=O) groups is 4. The molecule has 3 aliphatic rings. The number of nitrogens with one attached hydrogen (secondary N) is 2. The normalized spacial score (nSPS) is 19.8. The lowest BCUT2D eigenvalue weighted by molar-refractivity contribution is -0.172. The third kappa shape index (κ3) is 9.37. The lowest BCUT2D eigenvalue weighted by Gasteiger charge is -2.53. The first-order valence-corrected chi connectivity index (χ1v) is 24.8. The standard InChI is InChI=1S/C53H50ClN5O7S2/c1-50(2,3)65-48(63)52(29-30-52)66-58-41(40-31-67-49(55-40)57-53(37-23-13-6-14-24-37,38-25-15-7-16-26-38)39-27-17-8-18-28-39)44(60)56-42-45(61)59-33-51(32-54,34-68-46(42)59)47(62)64-43(35-19-9-4-10-20-35)36-21-11-5-12-22-36/h4-28,31,42-43,46H,29-30,32-34H2,1-3H3,(H,55,57)(H,56,60)/t42?,46-,51?/m1/s1. The van der Waals surface area contributed by atoms with Crippen LogP contribution < -0.4 is 10.6 Å². The molecule has 0 radical (unpaired) electrons. The highest BCUT2D eigenvalue weighted by Crippen LogP contribution is 2.46. The number of hydrogen-bond acceptors (Lipinski definition) is 12. The van der Waals surface area contributed by atoms with Crippen LogP contribution in [0.4, 0.5) is 5.13 Å². The number of alkyl halides is 1. The topological polar surface area (TPSA) is 149 Å². The monoisotopic (exact) mass is 967 g/mol. The molecule has 3 atom stereocenters. The molecule has 9 rings (SSSR count). The van der Waals surface area contributed by atoms with Gasteiger partial charge in [0, 0.05) is 36.4 Å². The summed E-state index contributed by atoms with van der Waals surface area (Å²) < 4.78 is 11.9. The van der Waals surface area contributed by atoms with Gasteiger partial charge in [-0.25, -0.2) is 9.78 Å². The van der Waals surface area contributed by atoms with Crippen molar-refractivity contribution in [1.82, 2.24) is 15.2 Å². The average Bonchev–Trinajstić information content (AvgIpc) is 4.03. The Labute approximate surface area is 408 Å². The second-order valence-corrected chi connectivity index (χ2v) is 20.4. The quantitative estimate of drug-likeness (QED) is 0.0240. The van der Waals surface area contributed by atoms with Crippen LogP contribution in [0.15, 0.2) is 162 Å². The van der Waals surface area contributed by atoms with Crippen LogP contribution >= 0.6 is 34.7 Å². The number of halogens is 1. The van der Waals surface area contributed by atoms with Crippen molar-refractivity contribution < 1.29 is 33.5 Å². The second kappa shape index (κ2) is 19.3. The lowest BCUT2D eigenvalue weighted by atomic mass is 9.77. The molecule has 1 aliphatic carbocycles. The van der Waals surface area contributed by atoms with E-state index in [4.69, 9.17) is 30.9 Å². The molecule has 2 unspecified atom stereocenters. The number of thiazole rings is 1. The molecule has 15 heteroatoms. The molecular formula is C53H50ClN5O7S2. The highest BCUT2D eigenvalue weighted by Gasteiger charge is 2.59. The molecule has 0 spiro atoms. The van der Waals surface area contributed by atoms with E-state index in [0.717, 1.165) is 27.8 Å². The maximum Gasteiger partial charge on any atom is 0.353 e. The molecule has 1 saturated carbocycles. The number of β-lactam (4-membered cyclic amide) rings is 1. The van der Waals surface area contributed by atoms with Gasteiger partial charge in [0.2, 0.25) is 11.5 Å². The zero-order valence-corrected chi connectivity index (χ0v) is 40.1. The van der Waals surface area contributed by atoms with E-state index in [2.05, 4.69) is 52.2 Å². The Kier molecular flexibility index (Phi) is 13.2. The number of fused-ring (bicyclic) bond motifs is 1. The van der Waals surface area contributed by atoms with Gasteiger partial charge in [0.05, 0.1) is 0 Å². The third-order valence-corrected chi connectivity index (χ3v) is 15.1. The van der Waals surface area contributed by atoms with Gasteiger partial charge in [-0.1, -0.05) is 157 Å². The van der Waals surface area contributed by atoms with Gasteiger partial charge in [0.25, 0.3) is 5.91 Å². The fourth-order valence-corrected chi connectivity index (χ4v) is 11.1. The zero-order chi connectivity index (χ0) is 47.5. The Hall–Kier alpha value is -6.48. The van der Waals surface area contributed by atoms with Crippen molar-refractivity contribution in [2.24, 2.45) is 10.6 Å². The first-order valence-electron chi connectivity index (χ1n) is 22.3. The van der Waals surface area contributed by atoms with E-state index >= 15 is 0 Å². The Morgan fingerprint density at radius 1 is 0.794 bits per heavy atom. The molecular weight excluding hydrogens is 918 g/mol. The molecule has 6 aromatic rings. The average molecular weight is 969 g/mol. The molecule has 1 aromatic heterocycles. The molecule has 3 fully saturated rings. The molecule has 0 bridgehead atoms. The van der Waals surface area contributed by atoms with Crippen LogP contribution in [-0.2, 0) is 39.0 Å². The van der Waals surface area contributed by atoms with Gasteiger partial charge in [-0.15, -0.1) is 34.7 Å². The molecule has 2 saturated heterocycles. The van der Waals surface area contributed by atoms with Gasteiger partial charge in [-0.2, -0.15) is 0 Å². The highest BCUT2D eigenvalue weighted by molar-refractivity contribution is 8.00. The summed E-state index contributed by atoms with van der Waals surface area (Å²) in [6.45, 7) is 5.30. The van der Waals surface area contributed by atoms with Crippen LogP contribution in [0.3, 0.4) is 0 Å². The smallest absolute Gasteiger partial charge is 0.353 e. The lowest BCUT2D eigenvalue weighted by Crippen LogP contribution is -2.74. The van der Waals surface area contributed by atoms with Gasteiger partial charge in [0.15, 0.2) is 16.9 Å². The van der Waals surface area contributed by atoms with Crippen molar-refractivity contribution in [3.8, 4) is 0 Å². The number of esters is 2. The fraction of sp³-hybridized carbons (Fsp3) is 0.283. The van der Waals surface area contributed by atoms with Crippen LogP contribution in [0.2, 0.25) is 0 Å². The molecule has 68 heavy (non-hydrogen) atoms. The number of thioether (sulfide) groups is 1. The number of carbonyl (C=O) groups excluding carboxylic acids is 4. The minimum Gasteiger partial charge on any atom is -0.457 e. The number of nitrogens with zero attached hydrogens (tertiary/aromatic N) is 3. The first-order chi connectivity index (χ1) is 32.8. The van der Waals surface area contributed by atoms with Gasteiger partial charge in [-0.05, 0) is 48.6 Å². The summed E-state index contributed by atoms with van der Waals surface area (Å²) >= 11 is 9.22.